The summed E-state index contributed by atoms with van der Waals surface area (Å²) < 4.78 is 10.4. The van der Waals surface area contributed by atoms with Crippen molar-refractivity contribution in [2.24, 2.45) is 0 Å². The molecule has 1 aliphatic rings. The molecule has 1 aliphatic carbocycles. The molecule has 0 aromatic heterocycles. The van der Waals surface area contributed by atoms with E-state index in [1.165, 1.54) is 7.11 Å². The molecule has 1 unspecified atom stereocenters. The highest BCUT2D eigenvalue weighted by Crippen LogP contribution is 2.44. The largest absolute Gasteiger partial charge is 0.761 e. The molecule has 0 saturated heterocycles. The molecule has 1 amide bonds. The molecule has 0 aliphatic heterocycles. The molecule has 0 spiro atoms. The zero-order valence-electron chi connectivity index (χ0n) is 17.5. The maximum absolute atomic E-state index is 12.6. The Bertz CT molecular complexity index is 1070. The highest BCUT2D eigenvalue weighted by atomic mass is 16.6. The second-order valence-corrected chi connectivity index (χ2v) is 7.55. The molecule has 164 valence electrons. The van der Waals surface area contributed by atoms with Crippen molar-refractivity contribution in [3.63, 3.8) is 0 Å². The van der Waals surface area contributed by atoms with E-state index >= 15 is 0 Å². The first-order chi connectivity index (χ1) is 15.6. The zero-order chi connectivity index (χ0) is 22.5. The van der Waals surface area contributed by atoms with Gasteiger partial charge >= 0.3 is 12.1 Å². The van der Waals surface area contributed by atoms with Gasteiger partial charge in [0.05, 0.1) is 7.11 Å². The van der Waals surface area contributed by atoms with Crippen LogP contribution in [0.5, 0.6) is 0 Å². The predicted molar refractivity (Wildman–Crippen MR) is 121 cm³/mol. The molecule has 3 aromatic rings. The number of alkyl carbamates (subject to hydrolysis) is 1. The number of amides is 1. The maximum atomic E-state index is 12.6. The average Bonchev–Trinajstić information content (AvgIpc) is 3.16. The van der Waals surface area contributed by atoms with Crippen molar-refractivity contribution in [3.05, 3.63) is 94.7 Å². The van der Waals surface area contributed by atoms with Gasteiger partial charge in [0.1, 0.15) is 12.6 Å². The maximum Gasteiger partial charge on any atom is 0.407 e. The van der Waals surface area contributed by atoms with Gasteiger partial charge in [-0.05, 0) is 39.9 Å². The Morgan fingerprint density at radius 2 is 1.53 bits per heavy atom. The van der Waals surface area contributed by atoms with Gasteiger partial charge in [-0.25, -0.2) is 9.59 Å². The summed E-state index contributed by atoms with van der Waals surface area (Å²) in [6.07, 6.45) is -0.490. The third-order valence-corrected chi connectivity index (χ3v) is 5.63. The van der Waals surface area contributed by atoms with Gasteiger partial charge in [0.2, 0.25) is 0 Å². The van der Waals surface area contributed by atoms with E-state index in [0.717, 1.165) is 27.8 Å². The zero-order valence-corrected chi connectivity index (χ0v) is 17.5. The lowest BCUT2D eigenvalue weighted by molar-refractivity contribution is -0.143. The normalized spacial score (nSPS) is 12.9. The summed E-state index contributed by atoms with van der Waals surface area (Å²) >= 11 is 0. The van der Waals surface area contributed by atoms with Crippen molar-refractivity contribution >= 4 is 17.7 Å². The van der Waals surface area contributed by atoms with E-state index in [2.05, 4.69) is 17.4 Å². The number of methoxy groups -OCH3 is 1. The Morgan fingerprint density at radius 3 is 2.09 bits per heavy atom. The minimum atomic E-state index is -0.915. The van der Waals surface area contributed by atoms with Crippen LogP contribution >= 0.6 is 0 Å². The molecule has 0 saturated carbocycles. The van der Waals surface area contributed by atoms with Gasteiger partial charge in [0.25, 0.3) is 0 Å². The van der Waals surface area contributed by atoms with Crippen molar-refractivity contribution in [1.82, 2.24) is 5.32 Å². The van der Waals surface area contributed by atoms with Gasteiger partial charge in [-0.15, -0.1) is 0 Å². The molecule has 32 heavy (non-hydrogen) atoms. The Balaban J connectivity index is 1.43. The summed E-state index contributed by atoms with van der Waals surface area (Å²) in [7, 11) is 1.26. The fourth-order valence-corrected chi connectivity index (χ4v) is 4.06. The summed E-state index contributed by atoms with van der Waals surface area (Å²) in [5.74, 6) is -0.651. The van der Waals surface area contributed by atoms with Crippen LogP contribution in [0.2, 0.25) is 0 Å². The number of carbonyl (C=O) groups is 2. The lowest BCUT2D eigenvalue weighted by atomic mass is 9.98. The number of hydrogen-bond acceptors (Lipinski definition) is 6. The van der Waals surface area contributed by atoms with Gasteiger partial charge < -0.3 is 25.5 Å². The van der Waals surface area contributed by atoms with Gasteiger partial charge in [-0.1, -0.05) is 60.7 Å². The van der Waals surface area contributed by atoms with Crippen molar-refractivity contribution in [1.29, 1.82) is 0 Å². The van der Waals surface area contributed by atoms with Crippen molar-refractivity contribution < 1.29 is 19.1 Å². The second kappa shape index (κ2) is 9.53. The number of carbonyl (C=O) groups excluding carboxylic acids is 2. The minimum absolute atomic E-state index is 0.0723. The Kier molecular flexibility index (Phi) is 6.37. The number of hydrogen-bond donors (Lipinski definition) is 2. The monoisotopic (exact) mass is 431 g/mol. The smallest absolute Gasteiger partial charge is 0.407 e. The summed E-state index contributed by atoms with van der Waals surface area (Å²) in [6, 6.07) is 21.8. The topological polar surface area (TPSA) is 99.7 Å². The summed E-state index contributed by atoms with van der Waals surface area (Å²) in [6.45, 7) is 0.150. The molecule has 0 heterocycles. The summed E-state index contributed by atoms with van der Waals surface area (Å²) in [5, 5.41) is 13.3. The van der Waals surface area contributed by atoms with Crippen LogP contribution in [-0.4, -0.2) is 31.8 Å². The number of rotatable bonds is 7. The van der Waals surface area contributed by atoms with Gasteiger partial charge in [0, 0.05) is 18.0 Å². The molecule has 1 atom stereocenters. The van der Waals surface area contributed by atoms with Crippen LogP contribution in [-0.2, 0) is 20.7 Å². The van der Waals surface area contributed by atoms with Gasteiger partial charge in [-0.2, -0.15) is 0 Å². The number of benzene rings is 3. The van der Waals surface area contributed by atoms with Crippen LogP contribution in [0.15, 0.2) is 72.8 Å². The molecule has 4 rings (SSSR count). The third kappa shape index (κ3) is 4.43. The number of esters is 1. The Labute approximate surface area is 185 Å². The van der Waals surface area contributed by atoms with Crippen LogP contribution in [0, 0.1) is 5.21 Å². The second-order valence-electron chi connectivity index (χ2n) is 7.55. The summed E-state index contributed by atoms with van der Waals surface area (Å²) in [5.41, 5.74) is 7.47. The van der Waals surface area contributed by atoms with Gasteiger partial charge in [0.15, 0.2) is 0 Å². The number of anilines is 1. The SMILES string of the molecule is COC(=O)C(Cc1ccc(N[O-])cc1)NC(=O)OCC1c2ccccc2-c2ccccc21. The molecule has 3 aromatic carbocycles. The molecule has 0 bridgehead atoms. The van der Waals surface area contributed by atoms with Crippen LogP contribution in [0.4, 0.5) is 10.5 Å². The first-order valence-corrected chi connectivity index (χ1v) is 10.3. The lowest BCUT2D eigenvalue weighted by Crippen LogP contribution is -2.43. The number of fused-ring (bicyclic) bond motifs is 3. The van der Waals surface area contributed by atoms with Crippen LogP contribution in [0.1, 0.15) is 22.6 Å². The highest BCUT2D eigenvalue weighted by Gasteiger charge is 2.30. The number of nitrogens with one attached hydrogen (secondary N) is 2. The van der Waals surface area contributed by atoms with Crippen molar-refractivity contribution in [2.75, 3.05) is 19.2 Å². The predicted octanol–water partition coefficient (Wildman–Crippen LogP) is 4.22. The van der Waals surface area contributed by atoms with E-state index in [1.807, 2.05) is 36.4 Å². The first-order valence-electron chi connectivity index (χ1n) is 10.3. The molecule has 0 fully saturated rings. The van der Waals surface area contributed by atoms with Gasteiger partial charge in [-0.3, -0.25) is 0 Å². The standard InChI is InChI=1S/C25H23N2O5/c1-31-24(28)23(14-16-10-12-17(27-30)13-11-16)26-25(29)32-15-22-20-8-4-2-6-18(20)19-7-3-5-9-21(19)22/h2-13,22-23,27H,14-15H2,1H3,(H,26,29)/q-1. The minimum Gasteiger partial charge on any atom is -0.761 e. The van der Waals surface area contributed by atoms with E-state index < -0.39 is 18.1 Å². The van der Waals surface area contributed by atoms with E-state index in [0.29, 0.717) is 5.69 Å². The molecule has 0 radical (unpaired) electrons. The van der Waals surface area contributed by atoms with Crippen molar-refractivity contribution in [3.8, 4) is 11.1 Å². The Morgan fingerprint density at radius 1 is 0.938 bits per heavy atom. The average molecular weight is 431 g/mol. The summed E-state index contributed by atoms with van der Waals surface area (Å²) in [4.78, 5) is 24.8. The molecule has 7 heteroatoms. The first kappa shape index (κ1) is 21.4. The van der Waals surface area contributed by atoms with Crippen molar-refractivity contribution in [2.45, 2.75) is 18.4 Å². The van der Waals surface area contributed by atoms with E-state index in [4.69, 9.17) is 9.47 Å². The van der Waals surface area contributed by atoms with Crippen LogP contribution in [0.25, 0.3) is 11.1 Å². The van der Waals surface area contributed by atoms with E-state index in [-0.39, 0.29) is 18.9 Å². The van der Waals surface area contributed by atoms with Crippen LogP contribution < -0.4 is 10.8 Å². The van der Waals surface area contributed by atoms with E-state index in [1.54, 1.807) is 29.7 Å². The molecular weight excluding hydrogens is 408 g/mol. The highest BCUT2D eigenvalue weighted by molar-refractivity contribution is 5.82. The quantitative estimate of drug-likeness (QED) is 0.429. The van der Waals surface area contributed by atoms with Crippen LogP contribution in [0.3, 0.4) is 0 Å². The molecule has 7 nitrogen and oxygen atoms in total. The molecule has 2 N–H and O–H groups in total. The van der Waals surface area contributed by atoms with E-state index in [9.17, 15) is 14.8 Å². The Hall–Kier alpha value is -3.84. The third-order valence-electron chi connectivity index (χ3n) is 5.63. The fourth-order valence-electron chi connectivity index (χ4n) is 4.06. The number of ether oxygens (including phenoxy) is 2. The lowest BCUT2D eigenvalue weighted by Gasteiger charge is -2.19. The fraction of sp³-hybridized carbons (Fsp3) is 0.200. The molecular formula is C25H23N2O5-.